The number of aryl methyl sites for hydroxylation is 1. The van der Waals surface area contributed by atoms with Crippen LogP contribution in [0.15, 0.2) is 35.0 Å². The Bertz CT molecular complexity index is 1080. The van der Waals surface area contributed by atoms with Gasteiger partial charge in [0.05, 0.1) is 12.2 Å². The molecule has 0 saturated heterocycles. The van der Waals surface area contributed by atoms with Crippen molar-refractivity contribution in [1.29, 1.82) is 0 Å². The second-order valence-corrected chi connectivity index (χ2v) is 8.45. The summed E-state index contributed by atoms with van der Waals surface area (Å²) >= 11 is 8.77. The largest absolute Gasteiger partial charge is 0.451 e. The third kappa shape index (κ3) is 5.44. The van der Waals surface area contributed by atoms with E-state index in [1.807, 2.05) is 16.8 Å². The molecule has 1 aromatic carbocycles. The van der Waals surface area contributed by atoms with E-state index in [4.69, 9.17) is 16.3 Å². The van der Waals surface area contributed by atoms with Crippen LogP contribution in [0, 0.1) is 13.8 Å². The van der Waals surface area contributed by atoms with Crippen LogP contribution in [-0.4, -0.2) is 35.9 Å². The Labute approximate surface area is 186 Å². The minimum Gasteiger partial charge on any atom is -0.451 e. The van der Waals surface area contributed by atoms with Gasteiger partial charge in [0, 0.05) is 21.7 Å². The van der Waals surface area contributed by atoms with Crippen molar-refractivity contribution in [1.82, 2.24) is 10.3 Å². The molecule has 2 heterocycles. The molecule has 2 N–H and O–H groups in total. The molecule has 3 aromatic rings. The maximum atomic E-state index is 12.3. The summed E-state index contributed by atoms with van der Waals surface area (Å²) in [6.45, 7) is 2.74. The molecule has 0 aliphatic heterocycles. The summed E-state index contributed by atoms with van der Waals surface area (Å²) in [6.07, 6.45) is 0. The number of carbonyl (C=O) groups is 3. The van der Waals surface area contributed by atoms with Crippen molar-refractivity contribution in [3.05, 3.63) is 56.2 Å². The number of hydrogen-bond acceptors (Lipinski definition) is 7. The van der Waals surface area contributed by atoms with Crippen LogP contribution in [0.4, 0.5) is 5.69 Å². The number of nitrogens with one attached hydrogen (secondary N) is 2. The molecule has 2 aromatic heterocycles. The number of carbonyl (C=O) groups excluding carboxylic acids is 3. The third-order valence-corrected chi connectivity index (χ3v) is 6.35. The standard InChI is InChI=1S/C20H18ClN3O4S2/c1-11-14(21)4-3-5-15(11)24-16(25)8-22-17(26)9-28-20(27)18-12(2)23-19(30-18)13-6-7-29-10-13/h3-7,10H,8-9H2,1-2H3,(H,22,26)(H,24,25). The van der Waals surface area contributed by atoms with Gasteiger partial charge < -0.3 is 15.4 Å². The van der Waals surface area contributed by atoms with Crippen molar-refractivity contribution in [2.75, 3.05) is 18.5 Å². The monoisotopic (exact) mass is 463 g/mol. The SMILES string of the molecule is Cc1nc(-c2ccsc2)sc1C(=O)OCC(=O)NCC(=O)Nc1cccc(Cl)c1C. The summed E-state index contributed by atoms with van der Waals surface area (Å²) in [7, 11) is 0. The van der Waals surface area contributed by atoms with Crippen molar-refractivity contribution in [2.45, 2.75) is 13.8 Å². The molecule has 0 aliphatic carbocycles. The van der Waals surface area contributed by atoms with Crippen LogP contribution in [-0.2, 0) is 14.3 Å². The lowest BCUT2D eigenvalue weighted by Gasteiger charge is -2.10. The summed E-state index contributed by atoms with van der Waals surface area (Å²) in [5.74, 6) is -1.62. The summed E-state index contributed by atoms with van der Waals surface area (Å²) < 4.78 is 5.06. The smallest absolute Gasteiger partial charge is 0.350 e. The highest BCUT2D eigenvalue weighted by atomic mass is 35.5. The number of nitrogens with zero attached hydrogens (tertiary/aromatic N) is 1. The summed E-state index contributed by atoms with van der Waals surface area (Å²) in [4.78, 5) is 41.0. The zero-order valence-corrected chi connectivity index (χ0v) is 18.5. The van der Waals surface area contributed by atoms with Gasteiger partial charge in [0.15, 0.2) is 6.61 Å². The first-order valence-electron chi connectivity index (χ1n) is 8.84. The van der Waals surface area contributed by atoms with E-state index in [2.05, 4.69) is 15.6 Å². The van der Waals surface area contributed by atoms with E-state index in [0.29, 0.717) is 21.3 Å². The lowest BCUT2D eigenvalue weighted by molar-refractivity contribution is -0.126. The van der Waals surface area contributed by atoms with Crippen LogP contribution < -0.4 is 10.6 Å². The van der Waals surface area contributed by atoms with Gasteiger partial charge in [-0.25, -0.2) is 9.78 Å². The van der Waals surface area contributed by atoms with Crippen molar-refractivity contribution in [3.8, 4) is 10.6 Å². The average Bonchev–Trinajstić information content (AvgIpc) is 3.38. The number of ether oxygens (including phenoxy) is 1. The summed E-state index contributed by atoms with van der Waals surface area (Å²) in [5, 5.41) is 10.2. The van der Waals surface area contributed by atoms with Gasteiger partial charge in [-0.3, -0.25) is 9.59 Å². The van der Waals surface area contributed by atoms with E-state index < -0.39 is 24.4 Å². The summed E-state index contributed by atoms with van der Waals surface area (Å²) in [6, 6.07) is 7.07. The molecule has 2 amide bonds. The fraction of sp³-hybridized carbons (Fsp3) is 0.200. The molecule has 0 radical (unpaired) electrons. The fourth-order valence-electron chi connectivity index (χ4n) is 2.46. The van der Waals surface area contributed by atoms with Crippen LogP contribution in [0.25, 0.3) is 10.6 Å². The van der Waals surface area contributed by atoms with E-state index in [1.54, 1.807) is 32.0 Å². The zero-order valence-electron chi connectivity index (χ0n) is 16.2. The van der Waals surface area contributed by atoms with Gasteiger partial charge in [-0.1, -0.05) is 17.7 Å². The van der Waals surface area contributed by atoms with E-state index in [9.17, 15) is 14.4 Å². The van der Waals surface area contributed by atoms with E-state index in [1.165, 1.54) is 22.7 Å². The lowest BCUT2D eigenvalue weighted by atomic mass is 10.2. The van der Waals surface area contributed by atoms with E-state index in [-0.39, 0.29) is 6.54 Å². The molecule has 30 heavy (non-hydrogen) atoms. The maximum Gasteiger partial charge on any atom is 0.350 e. The number of amides is 2. The molecule has 0 saturated carbocycles. The highest BCUT2D eigenvalue weighted by molar-refractivity contribution is 7.17. The number of thiazole rings is 1. The van der Waals surface area contributed by atoms with Gasteiger partial charge in [-0.05, 0) is 43.0 Å². The molecular weight excluding hydrogens is 446 g/mol. The number of halogens is 1. The third-order valence-electron chi connectivity index (χ3n) is 4.07. The molecule has 0 spiro atoms. The van der Waals surface area contributed by atoms with Crippen LogP contribution in [0.2, 0.25) is 5.02 Å². The first kappa shape index (κ1) is 21.9. The molecule has 10 heteroatoms. The number of anilines is 1. The minimum atomic E-state index is -0.624. The number of esters is 1. The van der Waals surface area contributed by atoms with Crippen molar-refractivity contribution in [3.63, 3.8) is 0 Å². The topological polar surface area (TPSA) is 97.4 Å². The number of thiophene rings is 1. The number of aromatic nitrogens is 1. The van der Waals surface area contributed by atoms with Gasteiger partial charge in [-0.15, -0.1) is 11.3 Å². The second-order valence-electron chi connectivity index (χ2n) is 6.26. The van der Waals surface area contributed by atoms with E-state index >= 15 is 0 Å². The van der Waals surface area contributed by atoms with Gasteiger partial charge in [0.2, 0.25) is 5.91 Å². The van der Waals surface area contributed by atoms with Crippen molar-refractivity contribution in [2.24, 2.45) is 0 Å². The zero-order chi connectivity index (χ0) is 21.7. The van der Waals surface area contributed by atoms with Crippen LogP contribution in [0.3, 0.4) is 0 Å². The fourth-order valence-corrected chi connectivity index (χ4v) is 4.31. The highest BCUT2D eigenvalue weighted by Gasteiger charge is 2.19. The van der Waals surface area contributed by atoms with Crippen LogP contribution in [0.5, 0.6) is 0 Å². The molecule has 0 bridgehead atoms. The maximum absolute atomic E-state index is 12.3. The number of hydrogen-bond donors (Lipinski definition) is 2. The Morgan fingerprint density at radius 3 is 2.70 bits per heavy atom. The number of rotatable bonds is 7. The first-order valence-corrected chi connectivity index (χ1v) is 11.0. The predicted octanol–water partition coefficient (Wildman–Crippen LogP) is 4.05. The number of benzene rings is 1. The summed E-state index contributed by atoms with van der Waals surface area (Å²) in [5.41, 5.74) is 2.78. The Kier molecular flexibility index (Phi) is 7.20. The Hall–Kier alpha value is -2.75. The Morgan fingerprint density at radius 1 is 1.17 bits per heavy atom. The van der Waals surface area contributed by atoms with Gasteiger partial charge in [0.1, 0.15) is 9.88 Å². The Morgan fingerprint density at radius 2 is 1.97 bits per heavy atom. The second kappa shape index (κ2) is 9.84. The van der Waals surface area contributed by atoms with Crippen molar-refractivity contribution >= 4 is 57.7 Å². The quantitative estimate of drug-likeness (QED) is 0.515. The molecule has 3 rings (SSSR count). The van der Waals surface area contributed by atoms with Crippen LogP contribution >= 0.6 is 34.3 Å². The Balaban J connectivity index is 1.47. The van der Waals surface area contributed by atoms with Crippen molar-refractivity contribution < 1.29 is 19.1 Å². The van der Waals surface area contributed by atoms with Gasteiger partial charge in [-0.2, -0.15) is 11.3 Å². The normalized spacial score (nSPS) is 10.5. The average molecular weight is 464 g/mol. The molecule has 7 nitrogen and oxygen atoms in total. The minimum absolute atomic E-state index is 0.260. The van der Waals surface area contributed by atoms with Gasteiger partial charge in [0.25, 0.3) is 5.91 Å². The first-order chi connectivity index (χ1) is 14.3. The van der Waals surface area contributed by atoms with Crippen LogP contribution in [0.1, 0.15) is 20.9 Å². The predicted molar refractivity (Wildman–Crippen MR) is 118 cm³/mol. The molecule has 156 valence electrons. The molecule has 0 unspecified atom stereocenters. The molecular formula is C20H18ClN3O4S2. The molecule has 0 atom stereocenters. The lowest BCUT2D eigenvalue weighted by Crippen LogP contribution is -2.35. The van der Waals surface area contributed by atoms with Gasteiger partial charge >= 0.3 is 5.97 Å². The molecule has 0 aliphatic rings. The van der Waals surface area contributed by atoms with E-state index in [0.717, 1.165) is 16.1 Å². The molecule has 0 fully saturated rings. The highest BCUT2D eigenvalue weighted by Crippen LogP contribution is 2.29.